The van der Waals surface area contributed by atoms with Crippen molar-refractivity contribution in [1.82, 2.24) is 4.90 Å². The molecule has 0 spiro atoms. The number of halogens is 1. The first-order valence-electron chi connectivity index (χ1n) is 8.94. The number of hydrogen-bond donors (Lipinski definition) is 2. The summed E-state index contributed by atoms with van der Waals surface area (Å²) < 4.78 is 34.2. The molecule has 3 rings (SSSR count). The molecule has 1 aliphatic heterocycles. The van der Waals surface area contributed by atoms with Gasteiger partial charge in [0.2, 0.25) is 15.1 Å². The molecule has 1 saturated heterocycles. The van der Waals surface area contributed by atoms with E-state index in [9.17, 15) is 13.2 Å². The van der Waals surface area contributed by atoms with Crippen LogP contribution in [0.2, 0.25) is 5.02 Å². The average molecular weight is 460 g/mol. The van der Waals surface area contributed by atoms with Crippen LogP contribution in [0.1, 0.15) is 16.1 Å². The normalized spacial score (nSPS) is 15.4. The van der Waals surface area contributed by atoms with Crippen molar-refractivity contribution >= 4 is 44.2 Å². The first-order valence-corrected chi connectivity index (χ1v) is 11.9. The highest BCUT2D eigenvalue weighted by molar-refractivity contribution is 8.14. The number of carbonyl (C=O) groups is 1. The second-order valence-electron chi connectivity index (χ2n) is 6.40. The Balaban J connectivity index is 1.75. The molecule has 0 saturated carbocycles. The molecule has 158 valence electrons. The van der Waals surface area contributed by atoms with Crippen molar-refractivity contribution in [2.45, 2.75) is 11.4 Å². The van der Waals surface area contributed by atoms with E-state index < -0.39 is 10.0 Å². The largest absolute Gasteiger partial charge is 0.467 e. The predicted molar refractivity (Wildman–Crippen MR) is 113 cm³/mol. The highest BCUT2D eigenvalue weighted by Crippen LogP contribution is 2.31. The average Bonchev–Trinajstić information content (AvgIpc) is 3.19. The number of thioether (sulfide) groups is 1. The van der Waals surface area contributed by atoms with E-state index in [2.05, 4.69) is 10.2 Å². The molecule has 0 atom stereocenters. The number of nitrogens with one attached hydrogen (secondary N) is 1. The van der Waals surface area contributed by atoms with Gasteiger partial charge in [0.15, 0.2) is 0 Å². The number of sulfonamides is 1. The van der Waals surface area contributed by atoms with Crippen LogP contribution in [0.15, 0.2) is 39.8 Å². The molecule has 1 aliphatic rings. The molecule has 2 aromatic rings. The third-order valence-corrected chi connectivity index (χ3v) is 6.62. The van der Waals surface area contributed by atoms with Crippen molar-refractivity contribution in [2.75, 3.05) is 43.9 Å². The van der Waals surface area contributed by atoms with Crippen LogP contribution in [0.4, 0.5) is 5.69 Å². The maximum Gasteiger partial charge on any atom is 0.239 e. The van der Waals surface area contributed by atoms with Gasteiger partial charge in [0.25, 0.3) is 0 Å². The topological polar surface area (TPSA) is 115 Å². The van der Waals surface area contributed by atoms with Crippen LogP contribution in [-0.4, -0.2) is 57.0 Å². The summed E-state index contributed by atoms with van der Waals surface area (Å²) in [7, 11) is -4.06. The molecular formula is C18H22ClN3O5S2. The number of nitrogens with two attached hydrogens (primary N) is 1. The van der Waals surface area contributed by atoms with Gasteiger partial charge in [-0.2, -0.15) is 0 Å². The first-order chi connectivity index (χ1) is 13.8. The number of furan rings is 1. The van der Waals surface area contributed by atoms with E-state index in [1.165, 1.54) is 12.1 Å². The molecule has 1 aromatic carbocycles. The lowest BCUT2D eigenvalue weighted by Crippen LogP contribution is -2.37. The third kappa shape index (κ3) is 6.21. The number of rotatable bonds is 8. The number of nitrogens with zero attached hydrogens (tertiary/aromatic N) is 1. The van der Waals surface area contributed by atoms with Crippen LogP contribution in [0.5, 0.6) is 0 Å². The van der Waals surface area contributed by atoms with E-state index in [0.717, 1.165) is 31.4 Å². The molecule has 0 aliphatic carbocycles. The van der Waals surface area contributed by atoms with Crippen molar-refractivity contribution in [1.29, 1.82) is 0 Å². The number of carbonyl (C=O) groups excluding carboxylic acids is 1. The summed E-state index contributed by atoms with van der Waals surface area (Å²) in [6.07, 6.45) is 1.54. The van der Waals surface area contributed by atoms with Crippen molar-refractivity contribution in [2.24, 2.45) is 5.14 Å². The quantitative estimate of drug-likeness (QED) is 0.618. The molecule has 0 bridgehead atoms. The number of benzene rings is 1. The van der Waals surface area contributed by atoms with Crippen LogP contribution in [0.25, 0.3) is 0 Å². The number of anilines is 1. The molecule has 11 heteroatoms. The van der Waals surface area contributed by atoms with Gasteiger partial charge < -0.3 is 14.5 Å². The predicted octanol–water partition coefficient (Wildman–Crippen LogP) is 2.40. The summed E-state index contributed by atoms with van der Waals surface area (Å²) in [5, 5.41) is 8.01. The fourth-order valence-corrected chi connectivity index (χ4v) is 4.81. The Kier molecular flexibility index (Phi) is 7.60. The van der Waals surface area contributed by atoms with E-state index in [-0.39, 0.29) is 20.6 Å². The van der Waals surface area contributed by atoms with Gasteiger partial charge in [-0.15, -0.1) is 0 Å². The second-order valence-corrected chi connectivity index (χ2v) is 9.40. The molecule has 1 fully saturated rings. The summed E-state index contributed by atoms with van der Waals surface area (Å²) in [6, 6.07) is 6.17. The smallest absolute Gasteiger partial charge is 0.239 e. The molecular weight excluding hydrogens is 438 g/mol. The van der Waals surface area contributed by atoms with Gasteiger partial charge in [0.1, 0.15) is 10.7 Å². The van der Waals surface area contributed by atoms with E-state index in [4.69, 9.17) is 25.9 Å². The zero-order chi connectivity index (χ0) is 20.9. The van der Waals surface area contributed by atoms with Crippen LogP contribution in [0, 0.1) is 0 Å². The fraction of sp³-hybridized carbons (Fsp3) is 0.389. The van der Waals surface area contributed by atoms with Gasteiger partial charge in [-0.3, -0.25) is 9.69 Å². The van der Waals surface area contributed by atoms with Crippen molar-refractivity contribution in [3.8, 4) is 0 Å². The van der Waals surface area contributed by atoms with Gasteiger partial charge >= 0.3 is 0 Å². The molecule has 0 amide bonds. The Morgan fingerprint density at radius 1 is 1.31 bits per heavy atom. The summed E-state index contributed by atoms with van der Waals surface area (Å²) >= 11 is 7.22. The molecule has 29 heavy (non-hydrogen) atoms. The van der Waals surface area contributed by atoms with Crippen LogP contribution < -0.4 is 10.5 Å². The molecule has 0 radical (unpaired) electrons. The lowest BCUT2D eigenvalue weighted by atomic mass is 10.2. The number of primary sulfonamides is 1. The van der Waals surface area contributed by atoms with Gasteiger partial charge in [-0.05, 0) is 24.3 Å². The summed E-state index contributed by atoms with van der Waals surface area (Å²) in [4.78, 5) is 14.8. The summed E-state index contributed by atoms with van der Waals surface area (Å²) in [5.74, 6) is 1.24. The lowest BCUT2D eigenvalue weighted by Gasteiger charge is -2.26. The minimum atomic E-state index is -4.06. The maximum atomic E-state index is 12.8. The second kappa shape index (κ2) is 9.96. The zero-order valence-electron chi connectivity index (χ0n) is 15.6. The Labute approximate surface area is 178 Å². The summed E-state index contributed by atoms with van der Waals surface area (Å²) in [6.45, 7) is 4.10. The van der Waals surface area contributed by atoms with Gasteiger partial charge in [-0.1, -0.05) is 23.4 Å². The third-order valence-electron chi connectivity index (χ3n) is 4.38. The Morgan fingerprint density at radius 2 is 2.07 bits per heavy atom. The summed E-state index contributed by atoms with van der Waals surface area (Å²) in [5.41, 5.74) is 0.625. The highest BCUT2D eigenvalue weighted by atomic mass is 35.5. The minimum Gasteiger partial charge on any atom is -0.467 e. The Morgan fingerprint density at radius 3 is 2.72 bits per heavy atom. The van der Waals surface area contributed by atoms with E-state index in [1.54, 1.807) is 18.4 Å². The molecule has 3 N–H and O–H groups in total. The van der Waals surface area contributed by atoms with Crippen molar-refractivity contribution in [3.05, 3.63) is 46.9 Å². The number of morpholine rings is 1. The highest BCUT2D eigenvalue weighted by Gasteiger charge is 2.21. The van der Waals surface area contributed by atoms with Crippen LogP contribution in [-0.2, 0) is 21.3 Å². The van der Waals surface area contributed by atoms with Gasteiger partial charge in [-0.25, -0.2) is 13.6 Å². The SMILES string of the molecule is NS(=O)(=O)c1cc(C(=O)SCCN2CCOCC2)c(NCc2ccco2)cc1Cl. The van der Waals surface area contributed by atoms with Crippen LogP contribution in [0.3, 0.4) is 0 Å². The lowest BCUT2D eigenvalue weighted by molar-refractivity contribution is 0.0410. The van der Waals surface area contributed by atoms with Gasteiger partial charge in [0.05, 0.1) is 36.6 Å². The van der Waals surface area contributed by atoms with E-state index in [0.29, 0.717) is 37.0 Å². The first kappa shape index (κ1) is 22.1. The Hall–Kier alpha value is -1.56. The maximum absolute atomic E-state index is 12.8. The molecule has 1 aromatic heterocycles. The van der Waals surface area contributed by atoms with E-state index >= 15 is 0 Å². The van der Waals surface area contributed by atoms with Crippen molar-refractivity contribution < 1.29 is 22.4 Å². The number of hydrogen-bond acceptors (Lipinski definition) is 8. The monoisotopic (exact) mass is 459 g/mol. The minimum absolute atomic E-state index is 0.0516. The molecule has 0 unspecified atom stereocenters. The fourth-order valence-electron chi connectivity index (χ4n) is 2.85. The van der Waals surface area contributed by atoms with Crippen LogP contribution >= 0.6 is 23.4 Å². The Bertz CT molecular complexity index is 945. The molecule has 2 heterocycles. The number of ether oxygens (including phenoxy) is 1. The van der Waals surface area contributed by atoms with E-state index in [1.807, 2.05) is 0 Å². The molecule has 8 nitrogen and oxygen atoms in total. The van der Waals surface area contributed by atoms with Gasteiger partial charge in [0, 0.05) is 31.1 Å². The zero-order valence-corrected chi connectivity index (χ0v) is 18.0. The standard InChI is InChI=1S/C18H22ClN3O5S2/c19-15-11-16(21-12-13-2-1-6-27-13)14(10-17(15)29(20,24)25)18(23)28-9-5-22-3-7-26-8-4-22/h1-2,6,10-11,21H,3-5,7-9,12H2,(H2,20,24,25). The van der Waals surface area contributed by atoms with Crippen molar-refractivity contribution in [3.63, 3.8) is 0 Å².